The van der Waals surface area contributed by atoms with Crippen LogP contribution in [-0.2, 0) is 13.0 Å². The first-order valence-electron chi connectivity index (χ1n) is 10.7. The Morgan fingerprint density at radius 1 is 1.21 bits per heavy atom. The summed E-state index contributed by atoms with van der Waals surface area (Å²) in [6, 6.07) is 5.57. The molecule has 0 unspecified atom stereocenters. The maximum atomic E-state index is 6.52. The van der Waals surface area contributed by atoms with E-state index in [4.69, 9.17) is 32.7 Å². The molecule has 1 aliphatic rings. The van der Waals surface area contributed by atoms with Gasteiger partial charge in [-0.1, -0.05) is 43.5 Å². The predicted molar refractivity (Wildman–Crippen MR) is 120 cm³/mol. The highest BCUT2D eigenvalue weighted by atomic mass is 35.5. The third-order valence-electron chi connectivity index (χ3n) is 5.62. The number of nitrogens with zero attached hydrogens (tertiary/aromatic N) is 3. The second kappa shape index (κ2) is 8.71. The van der Waals surface area contributed by atoms with E-state index in [9.17, 15) is 0 Å². The molecule has 0 spiro atoms. The molecule has 156 valence electrons. The molecule has 0 aliphatic heterocycles. The van der Waals surface area contributed by atoms with Gasteiger partial charge in [-0.2, -0.15) is 9.61 Å². The van der Waals surface area contributed by atoms with Crippen molar-refractivity contribution in [3.63, 3.8) is 0 Å². The lowest BCUT2D eigenvalue weighted by molar-refractivity contribution is 0.254. The van der Waals surface area contributed by atoms with Crippen LogP contribution in [0.25, 0.3) is 17.0 Å². The summed E-state index contributed by atoms with van der Waals surface area (Å²) in [7, 11) is 0. The zero-order valence-electron chi connectivity index (χ0n) is 17.5. The average molecular weight is 434 g/mol. The molecule has 2 aromatic heterocycles. The monoisotopic (exact) mass is 433 g/mol. The van der Waals surface area contributed by atoms with Gasteiger partial charge in [-0.15, -0.1) is 0 Å². The third-order valence-corrected chi connectivity index (χ3v) is 6.17. The van der Waals surface area contributed by atoms with E-state index in [1.165, 1.54) is 24.9 Å². The van der Waals surface area contributed by atoms with Crippen molar-refractivity contribution < 1.29 is 4.42 Å². The molecule has 1 aromatic carbocycles. The molecule has 0 N–H and O–H groups in total. The summed E-state index contributed by atoms with van der Waals surface area (Å²) in [5.41, 5.74) is 5.01. The lowest BCUT2D eigenvalue weighted by atomic mass is 10.1. The van der Waals surface area contributed by atoms with E-state index in [0.717, 1.165) is 66.7 Å². The highest BCUT2D eigenvalue weighted by Gasteiger charge is 2.27. The van der Waals surface area contributed by atoms with Crippen LogP contribution in [0.15, 0.2) is 22.6 Å². The summed E-state index contributed by atoms with van der Waals surface area (Å²) in [4.78, 5) is 2.57. The third kappa shape index (κ3) is 4.35. The van der Waals surface area contributed by atoms with Crippen LogP contribution in [0.2, 0.25) is 10.0 Å². The maximum Gasteiger partial charge on any atom is 0.227 e. The SMILES string of the molecule is CCCc1nn2c(-c3ccc(Cl)cc3Cl)c(C)oc2c1CN(CCC)CC1CC1. The largest absolute Gasteiger partial charge is 0.441 e. The van der Waals surface area contributed by atoms with E-state index in [-0.39, 0.29) is 0 Å². The molecular formula is C23H29Cl2N3O. The molecule has 0 amide bonds. The van der Waals surface area contributed by atoms with Gasteiger partial charge in [0.25, 0.3) is 0 Å². The Kier molecular flexibility index (Phi) is 6.24. The minimum atomic E-state index is 0.610. The van der Waals surface area contributed by atoms with Crippen LogP contribution < -0.4 is 0 Å². The quantitative estimate of drug-likeness (QED) is 0.372. The standard InChI is InChI=1S/C23H29Cl2N3O/c1-4-6-21-19(14-27(11-5-2)13-16-7-8-16)23-28(26-21)22(15(3)29-23)18-10-9-17(24)12-20(18)25/h9-10,12,16H,4-8,11,13-14H2,1-3H3. The van der Waals surface area contributed by atoms with Crippen molar-refractivity contribution >= 4 is 28.9 Å². The molecule has 0 bridgehead atoms. The molecule has 2 heterocycles. The fourth-order valence-corrected chi connectivity index (χ4v) is 4.60. The fourth-order valence-electron chi connectivity index (χ4n) is 4.10. The first-order valence-corrected chi connectivity index (χ1v) is 11.4. The second-order valence-electron chi connectivity index (χ2n) is 8.20. The number of rotatable bonds is 9. The number of oxazole rings is 1. The van der Waals surface area contributed by atoms with Crippen molar-refractivity contribution in [3.05, 3.63) is 45.3 Å². The maximum absolute atomic E-state index is 6.52. The van der Waals surface area contributed by atoms with E-state index in [1.807, 2.05) is 23.6 Å². The minimum absolute atomic E-state index is 0.610. The Balaban J connectivity index is 1.78. The van der Waals surface area contributed by atoms with Gasteiger partial charge in [0.2, 0.25) is 5.71 Å². The molecule has 1 saturated carbocycles. The number of aryl methyl sites for hydroxylation is 2. The van der Waals surface area contributed by atoms with Gasteiger partial charge >= 0.3 is 0 Å². The lowest BCUT2D eigenvalue weighted by Gasteiger charge is -2.21. The van der Waals surface area contributed by atoms with Gasteiger partial charge in [0.15, 0.2) is 0 Å². The molecule has 0 radical (unpaired) electrons. The first kappa shape index (κ1) is 20.8. The molecular weight excluding hydrogens is 405 g/mol. The summed E-state index contributed by atoms with van der Waals surface area (Å²) in [5, 5.41) is 6.21. The number of hydrogen-bond donors (Lipinski definition) is 0. The van der Waals surface area contributed by atoms with Gasteiger partial charge in [0.1, 0.15) is 11.5 Å². The Labute approximate surface area is 182 Å². The van der Waals surface area contributed by atoms with Gasteiger partial charge in [0.05, 0.1) is 16.3 Å². The van der Waals surface area contributed by atoms with Gasteiger partial charge in [-0.05, 0) is 63.3 Å². The van der Waals surface area contributed by atoms with E-state index in [0.29, 0.717) is 10.0 Å². The van der Waals surface area contributed by atoms with Crippen molar-refractivity contribution in [3.8, 4) is 11.3 Å². The molecule has 0 atom stereocenters. The smallest absolute Gasteiger partial charge is 0.227 e. The van der Waals surface area contributed by atoms with Gasteiger partial charge in [-0.25, -0.2) is 0 Å². The number of fused-ring (bicyclic) bond motifs is 1. The lowest BCUT2D eigenvalue weighted by Crippen LogP contribution is -2.26. The highest BCUT2D eigenvalue weighted by Crippen LogP contribution is 2.36. The van der Waals surface area contributed by atoms with Crippen molar-refractivity contribution in [2.75, 3.05) is 13.1 Å². The van der Waals surface area contributed by atoms with Crippen LogP contribution in [0.1, 0.15) is 56.5 Å². The highest BCUT2D eigenvalue weighted by molar-refractivity contribution is 6.36. The molecule has 1 aliphatic carbocycles. The average Bonchev–Trinajstić information content (AvgIpc) is 3.36. The Morgan fingerprint density at radius 2 is 2.00 bits per heavy atom. The zero-order valence-corrected chi connectivity index (χ0v) is 19.0. The number of halogens is 2. The Bertz CT molecular complexity index is 1000. The van der Waals surface area contributed by atoms with E-state index < -0.39 is 0 Å². The summed E-state index contributed by atoms with van der Waals surface area (Å²) < 4.78 is 8.23. The molecule has 3 aromatic rings. The fraction of sp³-hybridized carbons (Fsp3) is 0.522. The molecule has 0 saturated heterocycles. The van der Waals surface area contributed by atoms with E-state index in [2.05, 4.69) is 18.7 Å². The summed E-state index contributed by atoms with van der Waals surface area (Å²) in [6.07, 6.45) is 5.89. The summed E-state index contributed by atoms with van der Waals surface area (Å²) >= 11 is 12.6. The number of aromatic nitrogens is 2. The first-order chi connectivity index (χ1) is 14.0. The topological polar surface area (TPSA) is 33.7 Å². The molecule has 1 fully saturated rings. The Morgan fingerprint density at radius 3 is 2.66 bits per heavy atom. The summed E-state index contributed by atoms with van der Waals surface area (Å²) in [6.45, 7) is 9.59. The van der Waals surface area contributed by atoms with Crippen LogP contribution >= 0.6 is 23.2 Å². The minimum Gasteiger partial charge on any atom is -0.441 e. The van der Waals surface area contributed by atoms with E-state index in [1.54, 1.807) is 6.07 Å². The van der Waals surface area contributed by atoms with Crippen LogP contribution in [0.3, 0.4) is 0 Å². The normalized spacial score (nSPS) is 14.4. The van der Waals surface area contributed by atoms with Gasteiger partial charge < -0.3 is 4.42 Å². The molecule has 4 rings (SSSR count). The molecule has 29 heavy (non-hydrogen) atoms. The van der Waals surface area contributed by atoms with Crippen LogP contribution in [-0.4, -0.2) is 27.6 Å². The van der Waals surface area contributed by atoms with Crippen molar-refractivity contribution in [1.82, 2.24) is 14.5 Å². The van der Waals surface area contributed by atoms with Crippen molar-refractivity contribution in [1.29, 1.82) is 0 Å². The summed E-state index contributed by atoms with van der Waals surface area (Å²) in [5.74, 6) is 1.69. The zero-order chi connectivity index (χ0) is 20.5. The number of benzene rings is 1. The predicted octanol–water partition coefficient (Wildman–Crippen LogP) is 6.78. The Hall–Kier alpha value is -1.49. The van der Waals surface area contributed by atoms with E-state index >= 15 is 0 Å². The van der Waals surface area contributed by atoms with Gasteiger partial charge in [-0.3, -0.25) is 4.90 Å². The number of hydrogen-bond acceptors (Lipinski definition) is 3. The van der Waals surface area contributed by atoms with Crippen molar-refractivity contribution in [2.45, 2.75) is 59.4 Å². The van der Waals surface area contributed by atoms with Crippen LogP contribution in [0, 0.1) is 12.8 Å². The molecule has 4 nitrogen and oxygen atoms in total. The second-order valence-corrected chi connectivity index (χ2v) is 9.05. The van der Waals surface area contributed by atoms with Crippen LogP contribution in [0.5, 0.6) is 0 Å². The molecule has 6 heteroatoms. The van der Waals surface area contributed by atoms with Crippen LogP contribution in [0.4, 0.5) is 0 Å². The van der Waals surface area contributed by atoms with Gasteiger partial charge in [0, 0.05) is 23.7 Å². The van der Waals surface area contributed by atoms with Crippen molar-refractivity contribution in [2.24, 2.45) is 5.92 Å².